The van der Waals surface area contributed by atoms with Gasteiger partial charge in [0, 0.05) is 49.1 Å². The lowest BCUT2D eigenvalue weighted by molar-refractivity contribution is 0.669. The average molecular weight is 730 g/mol. The van der Waals surface area contributed by atoms with Crippen molar-refractivity contribution in [3.05, 3.63) is 188 Å². The Hall–Kier alpha value is -7.76. The second-order valence-electron chi connectivity index (χ2n) is 14.5. The molecule has 12 rings (SSSR count). The number of nitrogens with zero attached hydrogens (tertiary/aromatic N) is 3. The summed E-state index contributed by atoms with van der Waals surface area (Å²) < 4.78 is 15.7. The molecule has 0 unspecified atom stereocenters. The maximum absolute atomic E-state index is 7.07. The Morgan fingerprint density at radius 2 is 0.965 bits per heavy atom. The Balaban J connectivity index is 1.09. The van der Waals surface area contributed by atoms with Gasteiger partial charge in [-0.05, 0) is 65.7 Å². The van der Waals surface area contributed by atoms with Crippen LogP contribution in [-0.2, 0) is 0 Å². The summed E-state index contributed by atoms with van der Waals surface area (Å²) in [6.45, 7) is 0. The first-order chi connectivity index (χ1) is 28.2. The highest BCUT2D eigenvalue weighted by atomic mass is 16.3. The maximum Gasteiger partial charge on any atom is 0.164 e. The quantitative estimate of drug-likeness (QED) is 0.177. The van der Waals surface area contributed by atoms with Crippen molar-refractivity contribution in [2.24, 2.45) is 0 Å². The second-order valence-corrected chi connectivity index (χ2v) is 14.5. The summed E-state index contributed by atoms with van der Waals surface area (Å²) in [7, 11) is 0. The van der Waals surface area contributed by atoms with Crippen molar-refractivity contribution >= 4 is 65.7 Å². The predicted molar refractivity (Wildman–Crippen MR) is 233 cm³/mol. The molecule has 0 bridgehead atoms. The number of hydrogen-bond acceptors (Lipinski definition) is 4. The van der Waals surface area contributed by atoms with E-state index in [-0.39, 0.29) is 0 Å². The Kier molecular flexibility index (Phi) is 6.86. The number of fused-ring (bicyclic) bond motifs is 10. The zero-order valence-electron chi connectivity index (χ0n) is 30.6. The third-order valence-corrected chi connectivity index (χ3v) is 11.2. The molecule has 0 saturated carbocycles. The Morgan fingerprint density at radius 1 is 0.368 bits per heavy atom. The third kappa shape index (κ3) is 4.96. The van der Waals surface area contributed by atoms with Crippen molar-refractivity contribution in [1.82, 2.24) is 14.5 Å². The summed E-state index contributed by atoms with van der Waals surface area (Å²) in [6, 6.07) is 65.4. The lowest BCUT2D eigenvalue weighted by atomic mass is 10.0. The molecule has 0 atom stereocenters. The molecule has 0 spiro atoms. The van der Waals surface area contributed by atoms with Crippen LogP contribution in [0.2, 0.25) is 0 Å². The van der Waals surface area contributed by atoms with Crippen LogP contribution in [0.4, 0.5) is 0 Å². The number of furan rings is 2. The van der Waals surface area contributed by atoms with Gasteiger partial charge >= 0.3 is 0 Å². The molecule has 266 valence electrons. The molecule has 0 aliphatic rings. The monoisotopic (exact) mass is 729 g/mol. The minimum absolute atomic E-state index is 0.587. The highest BCUT2D eigenvalue weighted by Crippen LogP contribution is 2.43. The molecule has 0 aliphatic carbocycles. The molecule has 8 aromatic carbocycles. The summed E-state index contributed by atoms with van der Waals surface area (Å²) in [5.41, 5.74) is 13.2. The van der Waals surface area contributed by atoms with Gasteiger partial charge in [0.1, 0.15) is 16.7 Å². The molecule has 4 aromatic heterocycles. The molecule has 5 nitrogen and oxygen atoms in total. The van der Waals surface area contributed by atoms with E-state index >= 15 is 0 Å². The molecule has 12 aromatic rings. The smallest absolute Gasteiger partial charge is 0.164 e. The van der Waals surface area contributed by atoms with Crippen LogP contribution in [0.5, 0.6) is 0 Å². The van der Waals surface area contributed by atoms with Gasteiger partial charge in [-0.2, -0.15) is 0 Å². The SMILES string of the molecule is c1ccc(-c2ccc(-c3cc(-c4ccc5c(c4)oc4ccccc45)nc(-c4cccc5c4oc4c5ccc5c6ccccc6n(-c6ccccc6)c54)n3)cc2)cc1. The number of para-hydroxylation sites is 4. The summed E-state index contributed by atoms with van der Waals surface area (Å²) >= 11 is 0. The van der Waals surface area contributed by atoms with Crippen LogP contribution in [0.3, 0.4) is 0 Å². The van der Waals surface area contributed by atoms with Crippen molar-refractivity contribution in [2.45, 2.75) is 0 Å². The summed E-state index contributed by atoms with van der Waals surface area (Å²) in [5, 5.41) is 6.55. The van der Waals surface area contributed by atoms with Gasteiger partial charge in [0.2, 0.25) is 0 Å². The maximum atomic E-state index is 7.07. The minimum Gasteiger partial charge on any atom is -0.456 e. The average Bonchev–Trinajstić information content (AvgIpc) is 3.96. The Bertz CT molecular complexity index is 3500. The van der Waals surface area contributed by atoms with Crippen LogP contribution in [0.15, 0.2) is 197 Å². The van der Waals surface area contributed by atoms with Crippen LogP contribution in [-0.4, -0.2) is 14.5 Å². The molecule has 0 saturated heterocycles. The lowest BCUT2D eigenvalue weighted by Crippen LogP contribution is -1.96. The Labute approximate surface area is 326 Å². The van der Waals surface area contributed by atoms with Crippen molar-refractivity contribution < 1.29 is 8.83 Å². The number of benzene rings is 8. The van der Waals surface area contributed by atoms with E-state index in [9.17, 15) is 0 Å². The molecular weight excluding hydrogens is 699 g/mol. The minimum atomic E-state index is 0.587. The summed E-state index contributed by atoms with van der Waals surface area (Å²) in [6.07, 6.45) is 0. The first-order valence-electron chi connectivity index (χ1n) is 19.1. The number of hydrogen-bond donors (Lipinski definition) is 0. The van der Waals surface area contributed by atoms with E-state index in [4.69, 9.17) is 18.8 Å². The first kappa shape index (κ1) is 31.6. The molecule has 0 aliphatic heterocycles. The normalized spacial score (nSPS) is 11.9. The van der Waals surface area contributed by atoms with E-state index < -0.39 is 0 Å². The van der Waals surface area contributed by atoms with Gasteiger partial charge in [0.25, 0.3) is 0 Å². The van der Waals surface area contributed by atoms with E-state index in [1.54, 1.807) is 0 Å². The number of aromatic nitrogens is 3. The van der Waals surface area contributed by atoms with Gasteiger partial charge in [-0.15, -0.1) is 0 Å². The molecule has 0 N–H and O–H groups in total. The van der Waals surface area contributed by atoms with Gasteiger partial charge < -0.3 is 13.4 Å². The molecule has 0 radical (unpaired) electrons. The van der Waals surface area contributed by atoms with Crippen LogP contribution >= 0.6 is 0 Å². The zero-order valence-corrected chi connectivity index (χ0v) is 30.6. The van der Waals surface area contributed by atoms with E-state index in [1.807, 2.05) is 24.3 Å². The van der Waals surface area contributed by atoms with Crippen LogP contribution in [0.1, 0.15) is 0 Å². The van der Waals surface area contributed by atoms with Gasteiger partial charge in [-0.1, -0.05) is 133 Å². The summed E-state index contributed by atoms with van der Waals surface area (Å²) in [5.74, 6) is 0.587. The Morgan fingerprint density at radius 3 is 1.81 bits per heavy atom. The lowest BCUT2D eigenvalue weighted by Gasteiger charge is -2.10. The van der Waals surface area contributed by atoms with E-state index in [2.05, 4.69) is 168 Å². The van der Waals surface area contributed by atoms with Crippen LogP contribution in [0.25, 0.3) is 116 Å². The number of rotatable bonds is 5. The topological polar surface area (TPSA) is 57.0 Å². The highest BCUT2D eigenvalue weighted by Gasteiger charge is 2.22. The standard InChI is InChI=1S/C52H31N3O2/c1-3-12-32(13-4-1)33-22-24-34(25-23-33)44-31-45(35-26-27-39-38-17-8-10-21-47(38)56-48(39)30-35)54-52(53-44)43-19-11-18-41-42-29-28-40-37-16-7-9-20-46(37)55(36-14-5-2-6-15-36)49(40)51(42)57-50(41)43/h1-31H. The highest BCUT2D eigenvalue weighted by molar-refractivity contribution is 6.22. The van der Waals surface area contributed by atoms with E-state index in [0.717, 1.165) is 99.6 Å². The van der Waals surface area contributed by atoms with Gasteiger partial charge in [-0.25, -0.2) is 9.97 Å². The van der Waals surface area contributed by atoms with E-state index in [1.165, 1.54) is 10.9 Å². The van der Waals surface area contributed by atoms with Crippen molar-refractivity contribution in [2.75, 3.05) is 0 Å². The fraction of sp³-hybridized carbons (Fsp3) is 0. The zero-order chi connectivity index (χ0) is 37.5. The van der Waals surface area contributed by atoms with Crippen molar-refractivity contribution in [1.29, 1.82) is 0 Å². The molecular formula is C52H31N3O2. The first-order valence-corrected chi connectivity index (χ1v) is 19.1. The molecule has 5 heteroatoms. The summed E-state index contributed by atoms with van der Waals surface area (Å²) in [4.78, 5) is 10.6. The van der Waals surface area contributed by atoms with Gasteiger partial charge in [0.05, 0.1) is 28.0 Å². The second kappa shape index (κ2) is 12.4. The molecule has 0 amide bonds. The largest absolute Gasteiger partial charge is 0.456 e. The molecule has 0 fully saturated rings. The van der Waals surface area contributed by atoms with Gasteiger partial charge in [-0.3, -0.25) is 0 Å². The fourth-order valence-electron chi connectivity index (χ4n) is 8.54. The molecule has 57 heavy (non-hydrogen) atoms. The predicted octanol–water partition coefficient (Wildman–Crippen LogP) is 14.0. The van der Waals surface area contributed by atoms with Crippen molar-refractivity contribution in [3.8, 4) is 50.7 Å². The van der Waals surface area contributed by atoms with Crippen LogP contribution < -0.4 is 0 Å². The third-order valence-electron chi connectivity index (χ3n) is 11.2. The van der Waals surface area contributed by atoms with Crippen LogP contribution in [0, 0.1) is 0 Å². The van der Waals surface area contributed by atoms with Gasteiger partial charge in [0.15, 0.2) is 11.4 Å². The van der Waals surface area contributed by atoms with E-state index in [0.29, 0.717) is 5.82 Å². The fourth-order valence-corrected chi connectivity index (χ4v) is 8.54. The molecule has 4 heterocycles. The van der Waals surface area contributed by atoms with Crippen molar-refractivity contribution in [3.63, 3.8) is 0 Å².